The van der Waals surface area contributed by atoms with Crippen molar-refractivity contribution in [3.63, 3.8) is 0 Å². The lowest BCUT2D eigenvalue weighted by molar-refractivity contribution is 0.201. The molecule has 0 saturated heterocycles. The molecule has 1 unspecified atom stereocenters. The number of ether oxygens (including phenoxy) is 1. The first-order valence-corrected chi connectivity index (χ1v) is 5.43. The summed E-state index contributed by atoms with van der Waals surface area (Å²) in [6.07, 6.45) is 3.34. The summed E-state index contributed by atoms with van der Waals surface area (Å²) in [5.41, 5.74) is 8.58. The molecule has 0 aromatic heterocycles. The second kappa shape index (κ2) is 4.64. The molecule has 0 heterocycles. The summed E-state index contributed by atoms with van der Waals surface area (Å²) in [5, 5.41) is 8.67. The first-order chi connectivity index (χ1) is 7.31. The van der Waals surface area contributed by atoms with Crippen LogP contribution in [0.5, 0.6) is 5.75 Å². The summed E-state index contributed by atoms with van der Waals surface area (Å²) < 4.78 is 5.36. The lowest BCUT2D eigenvalue weighted by Gasteiger charge is -2.22. The fourth-order valence-corrected chi connectivity index (χ4v) is 2.07. The van der Waals surface area contributed by atoms with Crippen LogP contribution in [0.15, 0.2) is 18.2 Å². The van der Waals surface area contributed by atoms with E-state index in [-0.39, 0.29) is 12.6 Å². The van der Waals surface area contributed by atoms with Gasteiger partial charge in [0.25, 0.3) is 0 Å². The molecule has 1 atom stereocenters. The Kier molecular flexibility index (Phi) is 3.23. The number of fused-ring (bicyclic) bond motifs is 1. The van der Waals surface area contributed by atoms with Gasteiger partial charge in [0, 0.05) is 6.04 Å². The van der Waals surface area contributed by atoms with Gasteiger partial charge in [0.15, 0.2) is 0 Å². The molecule has 0 amide bonds. The van der Waals surface area contributed by atoms with E-state index in [1.165, 1.54) is 17.5 Å². The minimum atomic E-state index is 0.0448. The highest BCUT2D eigenvalue weighted by Crippen LogP contribution is 2.30. The molecule has 15 heavy (non-hydrogen) atoms. The standard InChI is InChI=1S/C12H17NO2/c13-12-3-1-2-9-4-5-10(8-11(9)12)15-7-6-14/h4-5,8,12,14H,1-3,6-7,13H2. The van der Waals surface area contributed by atoms with Gasteiger partial charge in [0.05, 0.1) is 6.61 Å². The molecule has 1 aromatic rings. The molecule has 3 nitrogen and oxygen atoms in total. The Bertz CT molecular complexity index is 338. The van der Waals surface area contributed by atoms with E-state index in [1.807, 2.05) is 12.1 Å². The zero-order chi connectivity index (χ0) is 10.7. The Morgan fingerprint density at radius 2 is 2.33 bits per heavy atom. The van der Waals surface area contributed by atoms with Crippen LogP contribution in [0.4, 0.5) is 0 Å². The SMILES string of the molecule is NC1CCCc2ccc(OCCO)cc21. The van der Waals surface area contributed by atoms with Crippen LogP contribution in [0.1, 0.15) is 30.0 Å². The van der Waals surface area contributed by atoms with E-state index in [4.69, 9.17) is 15.6 Å². The van der Waals surface area contributed by atoms with Crippen molar-refractivity contribution < 1.29 is 9.84 Å². The van der Waals surface area contributed by atoms with Gasteiger partial charge in [-0.05, 0) is 42.5 Å². The summed E-state index contributed by atoms with van der Waals surface area (Å²) in [4.78, 5) is 0. The van der Waals surface area contributed by atoms with Gasteiger partial charge in [-0.2, -0.15) is 0 Å². The molecule has 1 aliphatic carbocycles. The van der Waals surface area contributed by atoms with E-state index in [0.717, 1.165) is 18.6 Å². The number of rotatable bonds is 3. The summed E-state index contributed by atoms with van der Waals surface area (Å²) >= 11 is 0. The average molecular weight is 207 g/mol. The normalized spacial score (nSPS) is 19.7. The van der Waals surface area contributed by atoms with Crippen molar-refractivity contribution in [3.8, 4) is 5.75 Å². The molecule has 0 radical (unpaired) electrons. The Morgan fingerprint density at radius 1 is 1.47 bits per heavy atom. The van der Waals surface area contributed by atoms with Gasteiger partial charge in [-0.25, -0.2) is 0 Å². The van der Waals surface area contributed by atoms with Crippen molar-refractivity contribution in [1.29, 1.82) is 0 Å². The lowest BCUT2D eigenvalue weighted by Crippen LogP contribution is -2.17. The van der Waals surface area contributed by atoms with Crippen LogP contribution in [0.2, 0.25) is 0 Å². The van der Waals surface area contributed by atoms with Gasteiger partial charge in [-0.3, -0.25) is 0 Å². The number of hydrogen-bond acceptors (Lipinski definition) is 3. The van der Waals surface area contributed by atoms with Gasteiger partial charge >= 0.3 is 0 Å². The van der Waals surface area contributed by atoms with Crippen LogP contribution < -0.4 is 10.5 Å². The smallest absolute Gasteiger partial charge is 0.119 e. The van der Waals surface area contributed by atoms with E-state index in [9.17, 15) is 0 Å². The van der Waals surface area contributed by atoms with Crippen molar-refractivity contribution in [2.75, 3.05) is 13.2 Å². The fourth-order valence-electron chi connectivity index (χ4n) is 2.07. The molecule has 0 spiro atoms. The molecule has 0 bridgehead atoms. The van der Waals surface area contributed by atoms with Crippen LogP contribution in [0.3, 0.4) is 0 Å². The number of aliphatic hydroxyl groups is 1. The fraction of sp³-hybridized carbons (Fsp3) is 0.500. The predicted molar refractivity (Wildman–Crippen MR) is 58.9 cm³/mol. The molecule has 3 N–H and O–H groups in total. The first-order valence-electron chi connectivity index (χ1n) is 5.43. The Balaban J connectivity index is 2.19. The van der Waals surface area contributed by atoms with Crippen molar-refractivity contribution >= 4 is 0 Å². The highest BCUT2D eigenvalue weighted by Gasteiger charge is 2.16. The minimum absolute atomic E-state index is 0.0448. The highest BCUT2D eigenvalue weighted by molar-refractivity contribution is 5.39. The van der Waals surface area contributed by atoms with Crippen LogP contribution >= 0.6 is 0 Å². The van der Waals surface area contributed by atoms with Crippen LogP contribution in [0, 0.1) is 0 Å². The Labute approximate surface area is 89.9 Å². The third-order valence-electron chi connectivity index (χ3n) is 2.84. The number of benzene rings is 1. The zero-order valence-corrected chi connectivity index (χ0v) is 8.78. The van der Waals surface area contributed by atoms with E-state index >= 15 is 0 Å². The second-order valence-electron chi connectivity index (χ2n) is 3.93. The maximum absolute atomic E-state index is 8.67. The van der Waals surface area contributed by atoms with Gasteiger partial charge in [-0.15, -0.1) is 0 Å². The number of aliphatic hydroxyl groups excluding tert-OH is 1. The van der Waals surface area contributed by atoms with Gasteiger partial charge in [0.1, 0.15) is 12.4 Å². The second-order valence-corrected chi connectivity index (χ2v) is 3.93. The third-order valence-corrected chi connectivity index (χ3v) is 2.84. The largest absolute Gasteiger partial charge is 0.491 e. The molecule has 0 saturated carbocycles. The molecule has 3 heteroatoms. The van der Waals surface area contributed by atoms with E-state index in [1.54, 1.807) is 0 Å². The maximum Gasteiger partial charge on any atom is 0.119 e. The minimum Gasteiger partial charge on any atom is -0.491 e. The van der Waals surface area contributed by atoms with Crippen molar-refractivity contribution in [2.24, 2.45) is 5.73 Å². The Morgan fingerprint density at radius 3 is 3.13 bits per heavy atom. The van der Waals surface area contributed by atoms with Crippen molar-refractivity contribution in [1.82, 2.24) is 0 Å². The number of hydrogen-bond donors (Lipinski definition) is 2. The summed E-state index contributed by atoms with van der Waals surface area (Å²) in [6, 6.07) is 6.19. The maximum atomic E-state index is 8.67. The van der Waals surface area contributed by atoms with Crippen LogP contribution in [0.25, 0.3) is 0 Å². The molecule has 0 fully saturated rings. The first kappa shape index (κ1) is 10.5. The van der Waals surface area contributed by atoms with E-state index in [0.29, 0.717) is 6.61 Å². The monoisotopic (exact) mass is 207 g/mol. The topological polar surface area (TPSA) is 55.5 Å². The van der Waals surface area contributed by atoms with Gasteiger partial charge in [-0.1, -0.05) is 6.07 Å². The van der Waals surface area contributed by atoms with Gasteiger partial charge in [0.2, 0.25) is 0 Å². The van der Waals surface area contributed by atoms with Crippen molar-refractivity contribution in [2.45, 2.75) is 25.3 Å². The van der Waals surface area contributed by atoms with Gasteiger partial charge < -0.3 is 15.6 Å². The molecule has 0 aliphatic heterocycles. The molecule has 2 rings (SSSR count). The lowest BCUT2D eigenvalue weighted by atomic mass is 9.88. The average Bonchev–Trinajstić information content (AvgIpc) is 2.27. The Hall–Kier alpha value is -1.06. The molecule has 82 valence electrons. The summed E-state index contributed by atoms with van der Waals surface area (Å²) in [7, 11) is 0. The summed E-state index contributed by atoms with van der Waals surface area (Å²) in [6.45, 7) is 0.386. The molecule has 1 aliphatic rings. The highest BCUT2D eigenvalue weighted by atomic mass is 16.5. The number of aryl methyl sites for hydroxylation is 1. The molecular formula is C12H17NO2. The molecular weight excluding hydrogens is 190 g/mol. The quantitative estimate of drug-likeness (QED) is 0.787. The molecule has 1 aromatic carbocycles. The van der Waals surface area contributed by atoms with Crippen molar-refractivity contribution in [3.05, 3.63) is 29.3 Å². The number of nitrogens with two attached hydrogens (primary N) is 1. The summed E-state index contributed by atoms with van der Waals surface area (Å²) in [5.74, 6) is 0.806. The van der Waals surface area contributed by atoms with E-state index in [2.05, 4.69) is 6.07 Å². The third kappa shape index (κ3) is 2.30. The van der Waals surface area contributed by atoms with Crippen LogP contribution in [-0.2, 0) is 6.42 Å². The zero-order valence-electron chi connectivity index (χ0n) is 8.78. The predicted octanol–water partition coefficient (Wildman–Crippen LogP) is 1.39. The van der Waals surface area contributed by atoms with Crippen LogP contribution in [-0.4, -0.2) is 18.3 Å². The van der Waals surface area contributed by atoms with E-state index < -0.39 is 0 Å².